The third-order valence-corrected chi connectivity index (χ3v) is 7.47. The number of benzene rings is 1. The predicted molar refractivity (Wildman–Crippen MR) is 129 cm³/mol. The Morgan fingerprint density at radius 2 is 1.88 bits per heavy atom. The number of urea groups is 1. The molecule has 1 aromatic heterocycles. The second-order valence-corrected chi connectivity index (χ2v) is 9.66. The number of ether oxygens (including phenoxy) is 1. The Balaban J connectivity index is 1.54. The molecule has 2 fully saturated rings. The minimum Gasteiger partial charge on any atom is -0.474 e. The molecule has 0 aliphatic carbocycles. The summed E-state index contributed by atoms with van der Waals surface area (Å²) < 4.78 is 6.14. The van der Waals surface area contributed by atoms with Crippen LogP contribution in [0.5, 0.6) is 5.88 Å². The van der Waals surface area contributed by atoms with E-state index in [9.17, 15) is 4.79 Å². The molecule has 3 atom stereocenters. The van der Waals surface area contributed by atoms with Crippen LogP contribution in [0.4, 0.5) is 4.79 Å². The van der Waals surface area contributed by atoms with Gasteiger partial charge < -0.3 is 14.5 Å². The van der Waals surface area contributed by atoms with Crippen molar-refractivity contribution >= 4 is 29.2 Å². The summed E-state index contributed by atoms with van der Waals surface area (Å²) in [7, 11) is 0. The van der Waals surface area contributed by atoms with E-state index in [-0.39, 0.29) is 29.9 Å². The number of aromatic nitrogens is 1. The standard InChI is InChI=1S/C25H25Cl2N5O2/c1-16(34-24-5-2-18(12-29)13-30-24)20-14-32(25(33)31-8-6-17(11-28)7-9-31)15-21(20)19-3-4-22(26)23(27)10-19/h2-5,10,13,16-17,20-21H,6-9,14-15H2,1H3/t16-,20?,21+/m0/s1. The summed E-state index contributed by atoms with van der Waals surface area (Å²) in [6.07, 6.45) is 2.65. The highest BCUT2D eigenvalue weighted by molar-refractivity contribution is 6.42. The van der Waals surface area contributed by atoms with Crippen LogP contribution in [0.15, 0.2) is 36.5 Å². The number of carbonyl (C=O) groups is 1. The molecule has 0 spiro atoms. The maximum Gasteiger partial charge on any atom is 0.320 e. The fraction of sp³-hybridized carbons (Fsp3) is 0.440. The van der Waals surface area contributed by atoms with Gasteiger partial charge in [0.25, 0.3) is 0 Å². The topological polar surface area (TPSA) is 93.2 Å². The number of hydrogen-bond donors (Lipinski definition) is 0. The van der Waals surface area contributed by atoms with Crippen molar-refractivity contribution < 1.29 is 9.53 Å². The Morgan fingerprint density at radius 3 is 2.50 bits per heavy atom. The van der Waals surface area contributed by atoms with Crippen molar-refractivity contribution in [2.45, 2.75) is 31.8 Å². The zero-order valence-corrected chi connectivity index (χ0v) is 20.3. The van der Waals surface area contributed by atoms with Gasteiger partial charge >= 0.3 is 6.03 Å². The molecule has 2 aliphatic rings. The van der Waals surface area contributed by atoms with Gasteiger partial charge in [0.2, 0.25) is 5.88 Å². The highest BCUT2D eigenvalue weighted by Gasteiger charge is 2.42. The smallest absolute Gasteiger partial charge is 0.320 e. The molecule has 34 heavy (non-hydrogen) atoms. The largest absolute Gasteiger partial charge is 0.474 e. The fourth-order valence-electron chi connectivity index (χ4n) is 4.75. The summed E-state index contributed by atoms with van der Waals surface area (Å²) in [6, 6.07) is 13.3. The monoisotopic (exact) mass is 497 g/mol. The maximum absolute atomic E-state index is 13.3. The molecule has 2 aliphatic heterocycles. The van der Waals surface area contributed by atoms with Gasteiger partial charge in [-0.25, -0.2) is 9.78 Å². The van der Waals surface area contributed by atoms with Crippen molar-refractivity contribution in [3.8, 4) is 18.0 Å². The van der Waals surface area contributed by atoms with E-state index in [1.54, 1.807) is 18.2 Å². The highest BCUT2D eigenvalue weighted by atomic mass is 35.5. The summed E-state index contributed by atoms with van der Waals surface area (Å²) in [4.78, 5) is 21.3. The average Bonchev–Trinajstić information content (AvgIpc) is 3.31. The second-order valence-electron chi connectivity index (χ2n) is 8.84. The Labute approximate surface area is 209 Å². The summed E-state index contributed by atoms with van der Waals surface area (Å²) in [5.41, 5.74) is 1.47. The van der Waals surface area contributed by atoms with E-state index < -0.39 is 0 Å². The SMILES string of the molecule is C[C@H](Oc1ccc(C#N)cn1)C1CN(C(=O)N2CCC(C#N)CC2)C[C@@H]1c1ccc(Cl)c(Cl)c1. The van der Waals surface area contributed by atoms with Crippen molar-refractivity contribution in [1.82, 2.24) is 14.8 Å². The van der Waals surface area contributed by atoms with Gasteiger partial charge in [0.05, 0.1) is 21.7 Å². The van der Waals surface area contributed by atoms with Gasteiger partial charge in [-0.1, -0.05) is 29.3 Å². The summed E-state index contributed by atoms with van der Waals surface area (Å²) in [5.74, 6) is 0.453. The van der Waals surface area contributed by atoms with Crippen molar-refractivity contribution in [3.05, 3.63) is 57.7 Å². The minimum atomic E-state index is -0.248. The summed E-state index contributed by atoms with van der Waals surface area (Å²) >= 11 is 12.5. The maximum atomic E-state index is 13.3. The normalized spacial score (nSPS) is 21.6. The van der Waals surface area contributed by atoms with Gasteiger partial charge in [0.1, 0.15) is 12.2 Å². The number of hydrogen-bond acceptors (Lipinski definition) is 5. The van der Waals surface area contributed by atoms with Crippen molar-refractivity contribution in [1.29, 1.82) is 10.5 Å². The number of rotatable bonds is 4. The molecule has 3 heterocycles. The summed E-state index contributed by atoms with van der Waals surface area (Å²) in [5, 5.41) is 19.1. The van der Waals surface area contributed by atoms with Crippen molar-refractivity contribution in [3.63, 3.8) is 0 Å². The Morgan fingerprint density at radius 1 is 1.12 bits per heavy atom. The Bertz CT molecular complexity index is 1120. The molecule has 2 saturated heterocycles. The lowest BCUT2D eigenvalue weighted by atomic mass is 9.86. The van der Waals surface area contributed by atoms with Gasteiger partial charge in [-0.15, -0.1) is 0 Å². The molecule has 0 N–H and O–H groups in total. The van der Waals surface area contributed by atoms with E-state index >= 15 is 0 Å². The Hall–Kier alpha value is -3.00. The van der Waals surface area contributed by atoms with Gasteiger partial charge in [0.15, 0.2) is 0 Å². The molecular formula is C25H25Cl2N5O2. The Kier molecular flexibility index (Phi) is 7.46. The van der Waals surface area contributed by atoms with E-state index in [2.05, 4.69) is 11.1 Å². The first kappa shape index (κ1) is 24.1. The first-order chi connectivity index (χ1) is 16.4. The highest BCUT2D eigenvalue weighted by Crippen LogP contribution is 2.39. The fourth-order valence-corrected chi connectivity index (χ4v) is 5.06. The number of likely N-dealkylation sites (tertiary alicyclic amines) is 2. The molecule has 0 bridgehead atoms. The van der Waals surface area contributed by atoms with E-state index in [4.69, 9.17) is 38.5 Å². The van der Waals surface area contributed by atoms with Gasteiger partial charge in [0, 0.05) is 56.2 Å². The molecule has 4 rings (SSSR count). The van der Waals surface area contributed by atoms with Crippen LogP contribution >= 0.6 is 23.2 Å². The van der Waals surface area contributed by atoms with Crippen molar-refractivity contribution in [2.75, 3.05) is 26.2 Å². The van der Waals surface area contributed by atoms with Crippen LogP contribution in [0, 0.1) is 34.5 Å². The molecule has 1 aromatic carbocycles. The van der Waals surface area contributed by atoms with E-state index in [0.717, 1.165) is 5.56 Å². The zero-order chi connectivity index (χ0) is 24.2. The second kappa shape index (κ2) is 10.5. The van der Waals surface area contributed by atoms with E-state index in [1.807, 2.05) is 34.9 Å². The number of carbonyl (C=O) groups excluding carboxylic acids is 1. The van der Waals surface area contributed by atoms with E-state index in [1.165, 1.54) is 6.20 Å². The lowest BCUT2D eigenvalue weighted by molar-refractivity contribution is 0.128. The van der Waals surface area contributed by atoms with Gasteiger partial charge in [-0.05, 0) is 43.5 Å². The molecule has 0 radical (unpaired) electrons. The molecule has 7 nitrogen and oxygen atoms in total. The third kappa shape index (κ3) is 5.22. The molecular weight excluding hydrogens is 473 g/mol. The van der Waals surface area contributed by atoms with Crippen LogP contribution in [0.3, 0.4) is 0 Å². The van der Waals surface area contributed by atoms with Crippen molar-refractivity contribution in [2.24, 2.45) is 11.8 Å². The summed E-state index contributed by atoms with van der Waals surface area (Å²) in [6.45, 7) is 4.22. The molecule has 9 heteroatoms. The first-order valence-corrected chi connectivity index (χ1v) is 12.1. The third-order valence-electron chi connectivity index (χ3n) is 6.73. The molecule has 1 unspecified atom stereocenters. The van der Waals surface area contributed by atoms with Crippen LogP contribution < -0.4 is 4.74 Å². The predicted octanol–water partition coefficient (Wildman–Crippen LogP) is 5.10. The van der Waals surface area contributed by atoms with Gasteiger partial charge in [-0.2, -0.15) is 10.5 Å². The molecule has 2 aromatic rings. The number of nitrogens with zero attached hydrogens (tertiary/aromatic N) is 5. The van der Waals surface area contributed by atoms with Crippen LogP contribution in [0.2, 0.25) is 10.0 Å². The first-order valence-electron chi connectivity index (χ1n) is 11.3. The average molecular weight is 498 g/mol. The quantitative estimate of drug-likeness (QED) is 0.585. The van der Waals surface area contributed by atoms with Crippen LogP contribution in [-0.4, -0.2) is 53.1 Å². The number of piperidine rings is 1. The molecule has 2 amide bonds. The number of halogens is 2. The zero-order valence-electron chi connectivity index (χ0n) is 18.8. The molecule has 176 valence electrons. The van der Waals surface area contributed by atoms with Crippen LogP contribution in [0.25, 0.3) is 0 Å². The minimum absolute atomic E-state index is 0.00347. The van der Waals surface area contributed by atoms with Crippen LogP contribution in [-0.2, 0) is 0 Å². The van der Waals surface area contributed by atoms with Crippen LogP contribution in [0.1, 0.15) is 36.8 Å². The lowest BCUT2D eigenvalue weighted by Gasteiger charge is -2.32. The van der Waals surface area contributed by atoms with Gasteiger partial charge in [-0.3, -0.25) is 0 Å². The lowest BCUT2D eigenvalue weighted by Crippen LogP contribution is -2.46. The number of nitriles is 2. The van der Waals surface area contributed by atoms with E-state index in [0.29, 0.717) is 60.5 Å². The number of amides is 2. The number of pyridine rings is 1. The molecule has 0 saturated carbocycles.